The van der Waals surface area contributed by atoms with Crippen molar-refractivity contribution in [3.05, 3.63) is 47.5 Å². The second-order valence-corrected chi connectivity index (χ2v) is 7.21. The highest BCUT2D eigenvalue weighted by molar-refractivity contribution is 7.92. The Kier molecular flexibility index (Phi) is 4.15. The number of nitrogens with one attached hydrogen (secondary N) is 2. The van der Waals surface area contributed by atoms with Crippen molar-refractivity contribution in [3.63, 3.8) is 0 Å². The van der Waals surface area contributed by atoms with Crippen LogP contribution in [-0.4, -0.2) is 23.6 Å². The Morgan fingerprint density at radius 1 is 1.21 bits per heavy atom. The van der Waals surface area contributed by atoms with Crippen molar-refractivity contribution in [1.82, 2.24) is 15.2 Å². The molecule has 0 fully saturated rings. The van der Waals surface area contributed by atoms with Crippen LogP contribution in [0.1, 0.15) is 23.9 Å². The Morgan fingerprint density at radius 2 is 2.00 bits per heavy atom. The van der Waals surface area contributed by atoms with Gasteiger partial charge >= 0.3 is 0 Å². The van der Waals surface area contributed by atoms with Gasteiger partial charge in [0.1, 0.15) is 10.6 Å². The Bertz CT molecular complexity index is 973. The molecule has 0 spiro atoms. The van der Waals surface area contributed by atoms with Crippen LogP contribution in [0.25, 0.3) is 11.6 Å². The summed E-state index contributed by atoms with van der Waals surface area (Å²) in [6.07, 6.45) is 2.02. The Balaban J connectivity index is 1.87. The van der Waals surface area contributed by atoms with E-state index in [0.717, 1.165) is 11.1 Å². The second-order valence-electron chi connectivity index (χ2n) is 5.53. The van der Waals surface area contributed by atoms with Gasteiger partial charge in [-0.3, -0.25) is 4.72 Å². The first kappa shape index (κ1) is 16.3. The first-order valence-corrected chi connectivity index (χ1v) is 8.98. The number of sulfonamides is 1. The van der Waals surface area contributed by atoms with Gasteiger partial charge in [0.25, 0.3) is 15.9 Å². The molecule has 0 radical (unpaired) electrons. The lowest BCUT2D eigenvalue weighted by Gasteiger charge is -2.09. The van der Waals surface area contributed by atoms with Crippen molar-refractivity contribution in [2.24, 2.45) is 0 Å². The number of H-pyrrole nitrogens is 1. The van der Waals surface area contributed by atoms with Crippen LogP contribution < -0.4 is 4.72 Å². The minimum Gasteiger partial charge on any atom is -0.419 e. The van der Waals surface area contributed by atoms with E-state index in [1.807, 2.05) is 32.9 Å². The summed E-state index contributed by atoms with van der Waals surface area (Å²) < 4.78 is 33.1. The summed E-state index contributed by atoms with van der Waals surface area (Å²) in [7, 11) is -3.71. The lowest BCUT2D eigenvalue weighted by molar-refractivity contribution is 0.511. The van der Waals surface area contributed by atoms with Crippen molar-refractivity contribution in [2.75, 3.05) is 4.72 Å². The Hall–Kier alpha value is -2.61. The molecule has 0 bridgehead atoms. The Labute approximate surface area is 140 Å². The summed E-state index contributed by atoms with van der Waals surface area (Å²) in [6, 6.07) is 7.00. The number of aromatic nitrogens is 3. The van der Waals surface area contributed by atoms with E-state index in [2.05, 4.69) is 19.9 Å². The molecule has 0 amide bonds. The number of hydrogen-bond donors (Lipinski definition) is 2. The van der Waals surface area contributed by atoms with Crippen LogP contribution >= 0.6 is 0 Å². The predicted octanol–water partition coefficient (Wildman–Crippen LogP) is 3.04. The highest BCUT2D eigenvalue weighted by Gasteiger charge is 2.19. The fourth-order valence-corrected chi connectivity index (χ4v) is 3.41. The summed E-state index contributed by atoms with van der Waals surface area (Å²) in [5.74, 6) is 0.761. The molecule has 2 heterocycles. The van der Waals surface area contributed by atoms with Gasteiger partial charge in [-0.05, 0) is 31.5 Å². The molecule has 7 nitrogen and oxygen atoms in total. The lowest BCUT2D eigenvalue weighted by atomic mass is 10.1. The molecule has 2 N–H and O–H groups in total. The first-order valence-electron chi connectivity index (χ1n) is 7.50. The predicted molar refractivity (Wildman–Crippen MR) is 90.2 cm³/mol. The van der Waals surface area contributed by atoms with Crippen LogP contribution in [-0.2, 0) is 16.4 Å². The molecular formula is C16H18N4O3S. The summed E-state index contributed by atoms with van der Waals surface area (Å²) in [6.45, 7) is 5.71. The van der Waals surface area contributed by atoms with Gasteiger partial charge in [0.15, 0.2) is 0 Å². The quantitative estimate of drug-likeness (QED) is 0.739. The first-order chi connectivity index (χ1) is 11.4. The minimum atomic E-state index is -3.71. The number of aryl methyl sites for hydroxylation is 3. The Morgan fingerprint density at radius 3 is 2.67 bits per heavy atom. The number of nitrogens with zero attached hydrogens (tertiary/aromatic N) is 2. The molecule has 0 unspecified atom stereocenters. The molecule has 24 heavy (non-hydrogen) atoms. The third kappa shape index (κ3) is 3.18. The molecule has 3 rings (SSSR count). The lowest BCUT2D eigenvalue weighted by Crippen LogP contribution is -2.13. The van der Waals surface area contributed by atoms with E-state index in [0.29, 0.717) is 23.7 Å². The molecule has 0 saturated heterocycles. The van der Waals surface area contributed by atoms with Crippen LogP contribution in [0.4, 0.5) is 5.69 Å². The van der Waals surface area contributed by atoms with E-state index in [9.17, 15) is 8.42 Å². The molecule has 0 aliphatic carbocycles. The summed E-state index contributed by atoms with van der Waals surface area (Å²) >= 11 is 0. The summed E-state index contributed by atoms with van der Waals surface area (Å²) in [5, 5.41) is 7.77. The highest BCUT2D eigenvalue weighted by atomic mass is 32.2. The van der Waals surface area contributed by atoms with Gasteiger partial charge in [-0.15, -0.1) is 10.2 Å². The van der Waals surface area contributed by atoms with Crippen molar-refractivity contribution >= 4 is 15.7 Å². The maximum absolute atomic E-state index is 12.5. The molecule has 0 atom stereocenters. The molecular weight excluding hydrogens is 328 g/mol. The number of benzene rings is 1. The third-order valence-corrected chi connectivity index (χ3v) is 4.94. The molecule has 3 aromatic rings. The smallest absolute Gasteiger partial charge is 0.264 e. The van der Waals surface area contributed by atoms with Crippen molar-refractivity contribution in [3.8, 4) is 11.6 Å². The molecule has 8 heteroatoms. The average Bonchev–Trinajstić information content (AvgIpc) is 3.18. The second kappa shape index (κ2) is 6.12. The van der Waals surface area contributed by atoms with Gasteiger partial charge in [0.2, 0.25) is 5.89 Å². The van der Waals surface area contributed by atoms with Crippen molar-refractivity contribution < 1.29 is 12.8 Å². The molecule has 126 valence electrons. The van der Waals surface area contributed by atoms with Crippen LogP contribution in [0.15, 0.2) is 39.8 Å². The SMILES string of the molecule is CCc1nnc(-c2cc(S(=O)(=O)Nc3ccc(C)cc3C)c[nH]2)o1. The normalized spacial score (nSPS) is 11.6. The monoisotopic (exact) mass is 346 g/mol. The van der Waals surface area contributed by atoms with E-state index >= 15 is 0 Å². The zero-order valence-electron chi connectivity index (χ0n) is 13.6. The minimum absolute atomic E-state index is 0.105. The standard InChI is InChI=1S/C16H18N4O3S/c1-4-15-18-19-16(23-15)14-8-12(9-17-14)24(21,22)20-13-6-5-10(2)7-11(13)3/h5-9,17,20H,4H2,1-3H3. The summed E-state index contributed by atoms with van der Waals surface area (Å²) in [4.78, 5) is 2.96. The largest absolute Gasteiger partial charge is 0.419 e. The van der Waals surface area contributed by atoms with Gasteiger partial charge in [-0.1, -0.05) is 24.6 Å². The molecule has 2 aromatic heterocycles. The van der Waals surface area contributed by atoms with Gasteiger partial charge in [0.05, 0.1) is 5.69 Å². The molecule has 0 aliphatic rings. The number of rotatable bonds is 5. The van der Waals surface area contributed by atoms with Crippen LogP contribution in [0.3, 0.4) is 0 Å². The number of aromatic amines is 1. The van der Waals surface area contributed by atoms with Crippen LogP contribution in [0.5, 0.6) is 0 Å². The maximum atomic E-state index is 12.5. The third-order valence-electron chi connectivity index (χ3n) is 3.59. The molecule has 1 aromatic carbocycles. The van der Waals surface area contributed by atoms with Crippen molar-refractivity contribution in [1.29, 1.82) is 0 Å². The van der Waals surface area contributed by atoms with E-state index in [-0.39, 0.29) is 10.8 Å². The fourth-order valence-electron chi connectivity index (χ4n) is 2.29. The summed E-state index contributed by atoms with van der Waals surface area (Å²) in [5.41, 5.74) is 2.94. The number of hydrogen-bond acceptors (Lipinski definition) is 5. The van der Waals surface area contributed by atoms with Gasteiger partial charge in [-0.25, -0.2) is 8.42 Å². The number of anilines is 1. The van der Waals surface area contributed by atoms with E-state index in [4.69, 9.17) is 4.42 Å². The highest BCUT2D eigenvalue weighted by Crippen LogP contribution is 2.24. The van der Waals surface area contributed by atoms with E-state index < -0.39 is 10.0 Å². The zero-order chi connectivity index (χ0) is 17.3. The molecule has 0 saturated carbocycles. The topological polar surface area (TPSA) is 101 Å². The van der Waals surface area contributed by atoms with Gasteiger partial charge in [0, 0.05) is 12.6 Å². The zero-order valence-corrected chi connectivity index (χ0v) is 14.4. The molecule has 0 aliphatic heterocycles. The van der Waals surface area contributed by atoms with E-state index in [1.54, 1.807) is 6.07 Å². The van der Waals surface area contributed by atoms with E-state index in [1.165, 1.54) is 12.3 Å². The fraction of sp³-hybridized carbons (Fsp3) is 0.250. The maximum Gasteiger partial charge on any atom is 0.264 e. The van der Waals surface area contributed by atoms with Gasteiger partial charge < -0.3 is 9.40 Å². The van der Waals surface area contributed by atoms with Crippen LogP contribution in [0, 0.1) is 13.8 Å². The van der Waals surface area contributed by atoms with Crippen LogP contribution in [0.2, 0.25) is 0 Å². The van der Waals surface area contributed by atoms with Gasteiger partial charge in [-0.2, -0.15) is 0 Å². The average molecular weight is 346 g/mol. The van der Waals surface area contributed by atoms with Crippen molar-refractivity contribution in [2.45, 2.75) is 32.1 Å².